The molecule has 0 radical (unpaired) electrons. The average molecular weight is 286 g/mol. The van der Waals surface area contributed by atoms with Crippen LogP contribution in [0.1, 0.15) is 45.2 Å². The number of hydrogen-bond acceptors (Lipinski definition) is 1. The first-order valence-corrected chi connectivity index (χ1v) is 6.68. The fraction of sp³-hybridized carbons (Fsp3) is 0.562. The standard InChI is InChI=1S/C16H21F3O/c1-11(15(2,3)4)8-14(20)10-12-6-5-7-13(9-12)16(17,18)19/h5-7,9,11H,8,10H2,1-4H3. The number of carbonyl (C=O) groups excluding carboxylic acids is 1. The molecule has 1 rings (SSSR count). The number of benzene rings is 1. The van der Waals surface area contributed by atoms with Gasteiger partial charge in [-0.05, 0) is 23.0 Å². The topological polar surface area (TPSA) is 17.1 Å². The highest BCUT2D eigenvalue weighted by atomic mass is 19.4. The summed E-state index contributed by atoms with van der Waals surface area (Å²) >= 11 is 0. The fourth-order valence-corrected chi connectivity index (χ4v) is 1.81. The molecule has 1 aromatic rings. The minimum Gasteiger partial charge on any atom is -0.299 e. The molecule has 1 nitrogen and oxygen atoms in total. The third kappa shape index (κ3) is 4.99. The van der Waals surface area contributed by atoms with Crippen molar-refractivity contribution >= 4 is 5.78 Å². The van der Waals surface area contributed by atoms with Gasteiger partial charge in [-0.3, -0.25) is 4.79 Å². The van der Waals surface area contributed by atoms with Gasteiger partial charge in [0.2, 0.25) is 0 Å². The van der Waals surface area contributed by atoms with Crippen LogP contribution in [0.4, 0.5) is 13.2 Å². The molecule has 0 saturated heterocycles. The van der Waals surface area contributed by atoms with Crippen LogP contribution < -0.4 is 0 Å². The van der Waals surface area contributed by atoms with E-state index in [0.29, 0.717) is 12.0 Å². The van der Waals surface area contributed by atoms with E-state index in [1.807, 2.05) is 6.92 Å². The van der Waals surface area contributed by atoms with Gasteiger partial charge >= 0.3 is 6.18 Å². The Kier molecular flexibility index (Phi) is 5.00. The van der Waals surface area contributed by atoms with Crippen LogP contribution in [-0.2, 0) is 17.4 Å². The van der Waals surface area contributed by atoms with Gasteiger partial charge in [0, 0.05) is 12.8 Å². The van der Waals surface area contributed by atoms with Crippen molar-refractivity contribution in [3.8, 4) is 0 Å². The predicted octanol–water partition coefficient (Wildman–Crippen LogP) is 4.89. The molecular formula is C16H21F3O. The van der Waals surface area contributed by atoms with Crippen LogP contribution in [0.2, 0.25) is 0 Å². The van der Waals surface area contributed by atoms with Gasteiger partial charge in [0.05, 0.1) is 5.56 Å². The summed E-state index contributed by atoms with van der Waals surface area (Å²) < 4.78 is 37.8. The quantitative estimate of drug-likeness (QED) is 0.770. The van der Waals surface area contributed by atoms with Crippen LogP contribution in [-0.4, -0.2) is 5.78 Å². The number of rotatable bonds is 4. The molecular weight excluding hydrogens is 265 g/mol. The van der Waals surface area contributed by atoms with E-state index in [1.165, 1.54) is 6.07 Å². The van der Waals surface area contributed by atoms with Gasteiger partial charge in [-0.25, -0.2) is 0 Å². The normalized spacial score (nSPS) is 14.2. The van der Waals surface area contributed by atoms with Gasteiger partial charge in [-0.2, -0.15) is 13.2 Å². The first-order valence-electron chi connectivity index (χ1n) is 6.68. The summed E-state index contributed by atoms with van der Waals surface area (Å²) in [5.41, 5.74) is -0.263. The number of halogens is 3. The SMILES string of the molecule is CC(CC(=O)Cc1cccc(C(F)(F)F)c1)C(C)(C)C. The van der Waals surface area contributed by atoms with Crippen LogP contribution in [0.5, 0.6) is 0 Å². The Balaban J connectivity index is 2.72. The van der Waals surface area contributed by atoms with E-state index < -0.39 is 11.7 Å². The molecule has 112 valence electrons. The second kappa shape index (κ2) is 5.98. The minimum absolute atomic E-state index is 0.0173. The first kappa shape index (κ1) is 16.7. The van der Waals surface area contributed by atoms with Crippen molar-refractivity contribution in [3.63, 3.8) is 0 Å². The molecule has 20 heavy (non-hydrogen) atoms. The Morgan fingerprint density at radius 3 is 2.30 bits per heavy atom. The molecule has 1 atom stereocenters. The van der Waals surface area contributed by atoms with E-state index in [4.69, 9.17) is 0 Å². The first-order chi connectivity index (χ1) is 9.00. The lowest BCUT2D eigenvalue weighted by Crippen LogP contribution is -2.21. The van der Waals surface area contributed by atoms with Crippen molar-refractivity contribution < 1.29 is 18.0 Å². The zero-order valence-electron chi connectivity index (χ0n) is 12.3. The Morgan fingerprint density at radius 1 is 1.20 bits per heavy atom. The number of Topliss-reactive ketones (excluding diaryl/α,β-unsaturated/α-hetero) is 1. The van der Waals surface area contributed by atoms with Crippen molar-refractivity contribution in [2.45, 2.75) is 46.7 Å². The molecule has 0 heterocycles. The molecule has 1 unspecified atom stereocenters. The third-order valence-corrected chi connectivity index (χ3v) is 3.67. The molecule has 0 spiro atoms. The van der Waals surface area contributed by atoms with Crippen molar-refractivity contribution in [1.82, 2.24) is 0 Å². The van der Waals surface area contributed by atoms with E-state index in [-0.39, 0.29) is 23.5 Å². The second-order valence-corrected chi connectivity index (χ2v) is 6.38. The van der Waals surface area contributed by atoms with Crippen LogP contribution in [0.15, 0.2) is 24.3 Å². The summed E-state index contributed by atoms with van der Waals surface area (Å²) in [6.45, 7) is 8.14. The molecule has 0 saturated carbocycles. The lowest BCUT2D eigenvalue weighted by molar-refractivity contribution is -0.137. The van der Waals surface area contributed by atoms with E-state index in [9.17, 15) is 18.0 Å². The van der Waals surface area contributed by atoms with E-state index in [1.54, 1.807) is 6.07 Å². The van der Waals surface area contributed by atoms with Crippen molar-refractivity contribution in [3.05, 3.63) is 35.4 Å². The Hall–Kier alpha value is -1.32. The minimum atomic E-state index is -4.36. The molecule has 1 aromatic carbocycles. The molecule has 0 aliphatic carbocycles. The van der Waals surface area contributed by atoms with Gasteiger partial charge in [-0.15, -0.1) is 0 Å². The fourth-order valence-electron chi connectivity index (χ4n) is 1.81. The van der Waals surface area contributed by atoms with E-state index in [2.05, 4.69) is 20.8 Å². The third-order valence-electron chi connectivity index (χ3n) is 3.67. The Bertz CT molecular complexity index is 469. The molecule has 0 aliphatic heterocycles. The monoisotopic (exact) mass is 286 g/mol. The Morgan fingerprint density at radius 2 is 1.80 bits per heavy atom. The van der Waals surface area contributed by atoms with Crippen LogP contribution in [0.25, 0.3) is 0 Å². The predicted molar refractivity (Wildman–Crippen MR) is 73.4 cm³/mol. The molecule has 0 aromatic heterocycles. The molecule has 0 bridgehead atoms. The molecule has 0 amide bonds. The maximum absolute atomic E-state index is 12.6. The lowest BCUT2D eigenvalue weighted by Gasteiger charge is -2.26. The number of carbonyl (C=O) groups is 1. The highest BCUT2D eigenvalue weighted by molar-refractivity contribution is 5.81. The van der Waals surface area contributed by atoms with Crippen molar-refractivity contribution in [2.75, 3.05) is 0 Å². The maximum Gasteiger partial charge on any atom is 0.416 e. The van der Waals surface area contributed by atoms with Gasteiger partial charge in [0.25, 0.3) is 0 Å². The highest BCUT2D eigenvalue weighted by Gasteiger charge is 2.30. The van der Waals surface area contributed by atoms with Crippen LogP contribution >= 0.6 is 0 Å². The van der Waals surface area contributed by atoms with Gasteiger partial charge in [0.1, 0.15) is 5.78 Å². The zero-order chi connectivity index (χ0) is 15.6. The highest BCUT2D eigenvalue weighted by Crippen LogP contribution is 2.31. The lowest BCUT2D eigenvalue weighted by atomic mass is 9.79. The van der Waals surface area contributed by atoms with Crippen LogP contribution in [0.3, 0.4) is 0 Å². The summed E-state index contributed by atoms with van der Waals surface area (Å²) in [5.74, 6) is 0.174. The summed E-state index contributed by atoms with van der Waals surface area (Å²) in [6, 6.07) is 4.99. The average Bonchev–Trinajstić information content (AvgIpc) is 2.26. The van der Waals surface area contributed by atoms with E-state index in [0.717, 1.165) is 12.1 Å². The smallest absolute Gasteiger partial charge is 0.299 e. The largest absolute Gasteiger partial charge is 0.416 e. The van der Waals surface area contributed by atoms with E-state index >= 15 is 0 Å². The zero-order valence-corrected chi connectivity index (χ0v) is 12.3. The second-order valence-electron chi connectivity index (χ2n) is 6.38. The van der Waals surface area contributed by atoms with Gasteiger partial charge < -0.3 is 0 Å². The summed E-state index contributed by atoms with van der Waals surface area (Å²) in [7, 11) is 0. The number of ketones is 1. The van der Waals surface area contributed by atoms with Gasteiger partial charge in [-0.1, -0.05) is 45.9 Å². The summed E-state index contributed by atoms with van der Waals surface area (Å²) in [4.78, 5) is 11.9. The van der Waals surface area contributed by atoms with Crippen LogP contribution in [0, 0.1) is 11.3 Å². The maximum atomic E-state index is 12.6. The Labute approximate surface area is 118 Å². The molecule has 0 N–H and O–H groups in total. The summed E-state index contributed by atoms with van der Waals surface area (Å²) in [6.07, 6.45) is -3.91. The molecule has 0 fully saturated rings. The summed E-state index contributed by atoms with van der Waals surface area (Å²) in [5, 5.41) is 0. The number of hydrogen-bond donors (Lipinski definition) is 0. The van der Waals surface area contributed by atoms with Gasteiger partial charge in [0.15, 0.2) is 0 Å². The number of alkyl halides is 3. The molecule has 0 aliphatic rings. The molecule has 4 heteroatoms. The van der Waals surface area contributed by atoms with Crippen molar-refractivity contribution in [1.29, 1.82) is 0 Å². The van der Waals surface area contributed by atoms with Crippen molar-refractivity contribution in [2.24, 2.45) is 11.3 Å².